The van der Waals surface area contributed by atoms with Gasteiger partial charge in [0.1, 0.15) is 11.3 Å². The molecular weight excluding hydrogens is 468 g/mol. The van der Waals surface area contributed by atoms with Gasteiger partial charge in [0.05, 0.1) is 5.25 Å². The lowest BCUT2D eigenvalue weighted by atomic mass is 10.1. The SMILES string of the molecule is CN(CCN1CCn2c(ccc(C(=O)NCc3ccc(Cl)cc3)c2=O)C1=O)S(=O)(=O)C1CC1. The summed E-state index contributed by atoms with van der Waals surface area (Å²) in [5.41, 5.74) is 0.463. The maximum atomic E-state index is 12.9. The highest BCUT2D eigenvalue weighted by molar-refractivity contribution is 7.90. The van der Waals surface area contributed by atoms with E-state index in [1.165, 1.54) is 33.0 Å². The predicted molar refractivity (Wildman–Crippen MR) is 124 cm³/mol. The lowest BCUT2D eigenvalue weighted by molar-refractivity contribution is 0.0693. The van der Waals surface area contributed by atoms with E-state index in [1.54, 1.807) is 24.3 Å². The summed E-state index contributed by atoms with van der Waals surface area (Å²) in [6.45, 7) is 1.16. The van der Waals surface area contributed by atoms with Gasteiger partial charge >= 0.3 is 0 Å². The summed E-state index contributed by atoms with van der Waals surface area (Å²) in [6, 6.07) is 9.82. The lowest BCUT2D eigenvalue weighted by Crippen LogP contribution is -2.48. The number of hydrogen-bond acceptors (Lipinski definition) is 5. The molecule has 1 aliphatic heterocycles. The highest BCUT2D eigenvalue weighted by atomic mass is 35.5. The first kappa shape index (κ1) is 23.5. The fourth-order valence-corrected chi connectivity index (χ4v) is 5.45. The molecule has 1 saturated carbocycles. The van der Waals surface area contributed by atoms with Crippen molar-refractivity contribution in [3.05, 3.63) is 68.6 Å². The highest BCUT2D eigenvalue weighted by Crippen LogP contribution is 2.30. The summed E-state index contributed by atoms with van der Waals surface area (Å²) in [5.74, 6) is -0.879. The molecule has 11 heteroatoms. The first-order valence-corrected chi connectivity index (χ1v) is 12.6. The van der Waals surface area contributed by atoms with E-state index in [0.29, 0.717) is 17.9 Å². The number of rotatable bonds is 8. The molecule has 0 bridgehead atoms. The number of benzene rings is 1. The van der Waals surface area contributed by atoms with Crippen LogP contribution in [0.2, 0.25) is 5.02 Å². The van der Waals surface area contributed by atoms with E-state index in [-0.39, 0.29) is 55.1 Å². The summed E-state index contributed by atoms with van der Waals surface area (Å²) < 4.78 is 27.2. The van der Waals surface area contributed by atoms with Crippen LogP contribution in [-0.4, -0.2) is 65.9 Å². The Morgan fingerprint density at radius 1 is 1.12 bits per heavy atom. The summed E-state index contributed by atoms with van der Waals surface area (Å²) in [4.78, 5) is 39.8. The Hall–Kier alpha value is -2.69. The van der Waals surface area contributed by atoms with Gasteiger partial charge in [0.25, 0.3) is 17.4 Å². The third-order valence-corrected chi connectivity index (χ3v) is 8.57. The number of hydrogen-bond donors (Lipinski definition) is 1. The number of halogens is 1. The number of likely N-dealkylation sites (N-methyl/N-ethyl adjacent to an activating group) is 1. The zero-order valence-electron chi connectivity index (χ0n) is 18.2. The number of carbonyl (C=O) groups is 2. The Kier molecular flexibility index (Phi) is 6.60. The Balaban J connectivity index is 1.41. The van der Waals surface area contributed by atoms with E-state index < -0.39 is 21.5 Å². The van der Waals surface area contributed by atoms with Crippen molar-refractivity contribution in [3.63, 3.8) is 0 Å². The number of aromatic nitrogens is 1. The fourth-order valence-electron chi connectivity index (χ4n) is 3.75. The van der Waals surface area contributed by atoms with Crippen LogP contribution in [0.5, 0.6) is 0 Å². The number of fused-ring (bicyclic) bond motifs is 1. The summed E-state index contributed by atoms with van der Waals surface area (Å²) >= 11 is 5.86. The molecule has 1 fully saturated rings. The van der Waals surface area contributed by atoms with E-state index in [9.17, 15) is 22.8 Å². The van der Waals surface area contributed by atoms with Crippen molar-refractivity contribution < 1.29 is 18.0 Å². The zero-order valence-corrected chi connectivity index (χ0v) is 19.7. The van der Waals surface area contributed by atoms with Gasteiger partial charge in [-0.3, -0.25) is 14.4 Å². The quantitative estimate of drug-likeness (QED) is 0.597. The van der Waals surface area contributed by atoms with Gasteiger partial charge in [0.2, 0.25) is 10.0 Å². The monoisotopic (exact) mass is 492 g/mol. The predicted octanol–water partition coefficient (Wildman–Crippen LogP) is 1.31. The molecule has 2 aliphatic rings. The van der Waals surface area contributed by atoms with Crippen LogP contribution in [-0.2, 0) is 23.1 Å². The van der Waals surface area contributed by atoms with E-state index in [0.717, 1.165) is 5.56 Å². The molecule has 176 valence electrons. The van der Waals surface area contributed by atoms with Crippen molar-refractivity contribution in [2.24, 2.45) is 0 Å². The molecule has 1 N–H and O–H groups in total. The molecule has 1 aliphatic carbocycles. The molecule has 0 atom stereocenters. The Morgan fingerprint density at radius 3 is 2.48 bits per heavy atom. The minimum atomic E-state index is -3.31. The van der Waals surface area contributed by atoms with Gasteiger partial charge in [-0.15, -0.1) is 0 Å². The van der Waals surface area contributed by atoms with Gasteiger partial charge in [-0.1, -0.05) is 23.7 Å². The smallest absolute Gasteiger partial charge is 0.270 e. The normalized spacial score (nSPS) is 16.1. The van der Waals surface area contributed by atoms with Crippen LogP contribution in [0.4, 0.5) is 0 Å². The lowest BCUT2D eigenvalue weighted by Gasteiger charge is -2.31. The van der Waals surface area contributed by atoms with Crippen molar-refractivity contribution in [3.8, 4) is 0 Å². The first-order chi connectivity index (χ1) is 15.7. The second kappa shape index (κ2) is 9.28. The van der Waals surface area contributed by atoms with Gasteiger partial charge in [0.15, 0.2) is 0 Å². The molecule has 0 spiro atoms. The number of sulfonamides is 1. The summed E-state index contributed by atoms with van der Waals surface area (Å²) in [7, 11) is -1.78. The van der Waals surface area contributed by atoms with Crippen LogP contribution in [0.3, 0.4) is 0 Å². The van der Waals surface area contributed by atoms with Crippen LogP contribution in [0.1, 0.15) is 39.3 Å². The van der Waals surface area contributed by atoms with E-state index in [2.05, 4.69) is 5.32 Å². The van der Waals surface area contributed by atoms with Crippen molar-refractivity contribution in [1.29, 1.82) is 0 Å². The van der Waals surface area contributed by atoms with E-state index >= 15 is 0 Å². The minimum absolute atomic E-state index is 0.0378. The van der Waals surface area contributed by atoms with E-state index in [1.807, 2.05) is 0 Å². The van der Waals surface area contributed by atoms with Crippen molar-refractivity contribution >= 4 is 33.4 Å². The number of pyridine rings is 1. The van der Waals surface area contributed by atoms with Crippen molar-refractivity contribution in [2.45, 2.75) is 31.2 Å². The maximum absolute atomic E-state index is 12.9. The molecule has 9 nitrogen and oxygen atoms in total. The second-order valence-corrected chi connectivity index (χ2v) is 11.0. The average Bonchev–Trinajstić information content (AvgIpc) is 3.64. The van der Waals surface area contributed by atoms with Gasteiger partial charge in [0, 0.05) is 44.8 Å². The fraction of sp³-hybridized carbons (Fsp3) is 0.409. The molecule has 2 aromatic rings. The van der Waals surface area contributed by atoms with Gasteiger partial charge < -0.3 is 14.8 Å². The number of nitrogens with one attached hydrogen (secondary N) is 1. The van der Waals surface area contributed by atoms with Crippen LogP contribution in [0, 0.1) is 0 Å². The average molecular weight is 493 g/mol. The number of amides is 2. The molecule has 0 saturated heterocycles. The number of nitrogens with zero attached hydrogens (tertiary/aromatic N) is 3. The van der Waals surface area contributed by atoms with Crippen LogP contribution < -0.4 is 10.9 Å². The highest BCUT2D eigenvalue weighted by Gasteiger charge is 2.38. The Morgan fingerprint density at radius 2 is 1.82 bits per heavy atom. The molecule has 0 unspecified atom stereocenters. The summed E-state index contributed by atoms with van der Waals surface area (Å²) in [5, 5.41) is 3.00. The minimum Gasteiger partial charge on any atom is -0.348 e. The molecule has 1 aromatic heterocycles. The number of carbonyl (C=O) groups excluding carboxylic acids is 2. The largest absolute Gasteiger partial charge is 0.348 e. The first-order valence-electron chi connectivity index (χ1n) is 10.7. The molecule has 4 rings (SSSR count). The molecule has 33 heavy (non-hydrogen) atoms. The molecule has 1 aromatic carbocycles. The molecule has 0 radical (unpaired) electrons. The molecular formula is C22H25ClN4O5S. The molecule has 2 amide bonds. The van der Waals surface area contributed by atoms with Gasteiger partial charge in [-0.2, -0.15) is 0 Å². The zero-order chi connectivity index (χ0) is 23.8. The standard InChI is InChI=1S/C22H25ClN4O5S/c1-25(33(31,32)17-6-7-17)10-11-26-12-13-27-19(22(26)30)9-8-18(21(27)29)20(28)24-14-15-2-4-16(23)5-3-15/h2-5,8-9,17H,6-7,10-14H2,1H3,(H,24,28). The van der Waals surface area contributed by atoms with Crippen LogP contribution in [0.25, 0.3) is 0 Å². The van der Waals surface area contributed by atoms with Gasteiger partial charge in [-0.25, -0.2) is 12.7 Å². The second-order valence-electron chi connectivity index (χ2n) is 8.26. The molecule has 2 heterocycles. The third-order valence-electron chi connectivity index (χ3n) is 5.95. The Bertz CT molecular complexity index is 1240. The summed E-state index contributed by atoms with van der Waals surface area (Å²) in [6.07, 6.45) is 1.36. The van der Waals surface area contributed by atoms with E-state index in [4.69, 9.17) is 11.6 Å². The van der Waals surface area contributed by atoms with Crippen LogP contribution in [0.15, 0.2) is 41.2 Å². The topological polar surface area (TPSA) is 109 Å². The van der Waals surface area contributed by atoms with Crippen molar-refractivity contribution in [2.75, 3.05) is 26.7 Å². The Labute approximate surface area is 197 Å². The van der Waals surface area contributed by atoms with Gasteiger partial charge in [-0.05, 0) is 42.7 Å². The maximum Gasteiger partial charge on any atom is 0.270 e. The van der Waals surface area contributed by atoms with Crippen LogP contribution >= 0.6 is 11.6 Å². The third kappa shape index (κ3) is 4.97. The van der Waals surface area contributed by atoms with Crippen molar-refractivity contribution in [1.82, 2.24) is 19.1 Å².